The van der Waals surface area contributed by atoms with Gasteiger partial charge in [-0.15, -0.1) is 0 Å². The van der Waals surface area contributed by atoms with Crippen LogP contribution in [0.4, 0.5) is 4.79 Å². The predicted molar refractivity (Wildman–Crippen MR) is 97.2 cm³/mol. The number of likely N-dealkylation sites (N-methyl/N-ethyl adjacent to an activating group) is 2. The fourth-order valence-corrected chi connectivity index (χ4v) is 2.25. The van der Waals surface area contributed by atoms with Crippen molar-refractivity contribution in [2.24, 2.45) is 16.0 Å². The zero-order chi connectivity index (χ0) is 20.0. The van der Waals surface area contributed by atoms with Crippen molar-refractivity contribution < 1.29 is 19.2 Å². The summed E-state index contributed by atoms with van der Waals surface area (Å²) in [4.78, 5) is 43.9. The summed E-state index contributed by atoms with van der Waals surface area (Å²) in [6, 6.07) is 0. The molecule has 0 heterocycles. The van der Waals surface area contributed by atoms with Crippen molar-refractivity contribution in [2.45, 2.75) is 41.5 Å². The molecule has 8 heteroatoms. The lowest BCUT2D eigenvalue weighted by molar-refractivity contribution is -0.141. The monoisotopic (exact) mass is 356 g/mol. The van der Waals surface area contributed by atoms with Crippen LogP contribution in [0.15, 0.2) is 5.16 Å². The summed E-state index contributed by atoms with van der Waals surface area (Å²) in [7, 11) is 4.57. The summed E-state index contributed by atoms with van der Waals surface area (Å²) in [5.41, 5.74) is -0.304. The predicted octanol–water partition coefficient (Wildman–Crippen LogP) is 1.71. The van der Waals surface area contributed by atoms with Crippen LogP contribution in [0.25, 0.3) is 0 Å². The van der Waals surface area contributed by atoms with Crippen LogP contribution in [0.5, 0.6) is 0 Å². The first-order chi connectivity index (χ1) is 11.2. The SMILES string of the molecule is CNC(=O)ON=C(C(=O)C(=O)N(C)CC(C)(C)C)N(C)CC(C)(C)C. The molecule has 0 radical (unpaired) electrons. The topological polar surface area (TPSA) is 91.3 Å². The van der Waals surface area contributed by atoms with Gasteiger partial charge in [0.25, 0.3) is 11.7 Å². The molecule has 0 spiro atoms. The molecule has 25 heavy (non-hydrogen) atoms. The third-order valence-electron chi connectivity index (χ3n) is 2.95. The van der Waals surface area contributed by atoms with E-state index in [1.165, 1.54) is 16.8 Å². The summed E-state index contributed by atoms with van der Waals surface area (Å²) in [5, 5.41) is 5.85. The fourth-order valence-electron chi connectivity index (χ4n) is 2.25. The number of Topliss-reactive ketones (excluding diaryl/α,β-unsaturated/α-hetero) is 1. The van der Waals surface area contributed by atoms with Crippen LogP contribution < -0.4 is 5.32 Å². The van der Waals surface area contributed by atoms with Crippen LogP contribution in [-0.4, -0.2) is 67.7 Å². The summed E-state index contributed by atoms with van der Waals surface area (Å²) in [5.74, 6) is -1.72. The van der Waals surface area contributed by atoms with Crippen molar-refractivity contribution in [1.82, 2.24) is 15.1 Å². The first-order valence-electron chi connectivity index (χ1n) is 8.15. The van der Waals surface area contributed by atoms with Crippen LogP contribution in [-0.2, 0) is 14.4 Å². The Balaban J connectivity index is 5.47. The molecular weight excluding hydrogens is 324 g/mol. The molecule has 144 valence electrons. The summed E-state index contributed by atoms with van der Waals surface area (Å²) in [6.45, 7) is 12.7. The number of oxime groups is 1. The zero-order valence-electron chi connectivity index (χ0n) is 16.9. The third-order valence-corrected chi connectivity index (χ3v) is 2.95. The van der Waals surface area contributed by atoms with Gasteiger partial charge in [-0.2, -0.15) is 0 Å². The van der Waals surface area contributed by atoms with E-state index in [9.17, 15) is 14.4 Å². The number of hydrogen-bond donors (Lipinski definition) is 1. The van der Waals surface area contributed by atoms with Gasteiger partial charge in [0.2, 0.25) is 5.84 Å². The van der Waals surface area contributed by atoms with Gasteiger partial charge >= 0.3 is 6.09 Å². The van der Waals surface area contributed by atoms with E-state index in [0.717, 1.165) is 0 Å². The second-order valence-electron chi connectivity index (χ2n) is 8.51. The van der Waals surface area contributed by atoms with Gasteiger partial charge in [-0.05, 0) is 10.8 Å². The van der Waals surface area contributed by atoms with Crippen molar-refractivity contribution in [3.8, 4) is 0 Å². The van der Waals surface area contributed by atoms with Crippen LogP contribution in [0.3, 0.4) is 0 Å². The number of amidine groups is 1. The van der Waals surface area contributed by atoms with Gasteiger partial charge in [0.05, 0.1) is 0 Å². The lowest BCUT2D eigenvalue weighted by atomic mass is 9.95. The standard InChI is InChI=1S/C17H32N4O4/c1-16(2,3)10-20(8)13(19-25-15(24)18-7)12(22)14(23)21(9)11-17(4,5)6/h10-11H2,1-9H3,(H,18,24). The molecule has 0 rings (SSSR count). The van der Waals surface area contributed by atoms with E-state index in [1.54, 1.807) is 14.1 Å². The zero-order valence-corrected chi connectivity index (χ0v) is 16.9. The molecule has 0 aromatic rings. The van der Waals surface area contributed by atoms with E-state index in [-0.39, 0.29) is 16.7 Å². The van der Waals surface area contributed by atoms with Gasteiger partial charge in [-0.1, -0.05) is 46.7 Å². The molecule has 2 amide bonds. The maximum Gasteiger partial charge on any atom is 0.433 e. The van der Waals surface area contributed by atoms with Crippen molar-refractivity contribution in [1.29, 1.82) is 0 Å². The lowest BCUT2D eigenvalue weighted by Gasteiger charge is -2.29. The Morgan fingerprint density at radius 3 is 1.76 bits per heavy atom. The number of hydrogen-bond acceptors (Lipinski definition) is 5. The summed E-state index contributed by atoms with van der Waals surface area (Å²) in [6.07, 6.45) is -0.815. The van der Waals surface area contributed by atoms with Gasteiger partial charge < -0.3 is 15.1 Å². The molecule has 0 fully saturated rings. The molecule has 0 aliphatic rings. The minimum Gasteiger partial charge on any atom is -0.353 e. The molecule has 0 aromatic carbocycles. The molecule has 0 unspecified atom stereocenters. The first kappa shape index (κ1) is 22.9. The number of nitrogens with one attached hydrogen (secondary N) is 1. The van der Waals surface area contributed by atoms with E-state index < -0.39 is 17.8 Å². The molecule has 0 saturated carbocycles. The third kappa shape index (κ3) is 9.07. The van der Waals surface area contributed by atoms with E-state index in [2.05, 4.69) is 15.3 Å². The molecule has 1 N–H and O–H groups in total. The molecule has 0 bridgehead atoms. The Bertz CT molecular complexity index is 530. The van der Waals surface area contributed by atoms with E-state index in [1.807, 2.05) is 41.5 Å². The Morgan fingerprint density at radius 1 is 0.920 bits per heavy atom. The fraction of sp³-hybridized carbons (Fsp3) is 0.765. The van der Waals surface area contributed by atoms with E-state index in [4.69, 9.17) is 0 Å². The highest BCUT2D eigenvalue weighted by Gasteiger charge is 2.31. The van der Waals surface area contributed by atoms with Crippen LogP contribution in [0, 0.1) is 10.8 Å². The second-order valence-corrected chi connectivity index (χ2v) is 8.51. The molecule has 0 aromatic heterocycles. The summed E-state index contributed by atoms with van der Waals surface area (Å²) >= 11 is 0. The lowest BCUT2D eigenvalue weighted by Crippen LogP contribution is -2.47. The summed E-state index contributed by atoms with van der Waals surface area (Å²) < 4.78 is 0. The van der Waals surface area contributed by atoms with Gasteiger partial charge in [0.15, 0.2) is 0 Å². The Kier molecular flexibility index (Phi) is 8.08. The minimum atomic E-state index is -0.817. The number of nitrogens with zero attached hydrogens (tertiary/aromatic N) is 3. The van der Waals surface area contributed by atoms with Crippen LogP contribution >= 0.6 is 0 Å². The maximum atomic E-state index is 12.6. The van der Waals surface area contributed by atoms with Crippen molar-refractivity contribution in [2.75, 3.05) is 34.2 Å². The number of amides is 2. The molecule has 8 nitrogen and oxygen atoms in total. The Morgan fingerprint density at radius 2 is 1.36 bits per heavy atom. The van der Waals surface area contributed by atoms with Gasteiger partial charge in [0, 0.05) is 34.2 Å². The molecule has 0 atom stereocenters. The first-order valence-corrected chi connectivity index (χ1v) is 8.15. The quantitative estimate of drug-likeness (QED) is 0.266. The molecular formula is C17H32N4O4. The number of rotatable bonds is 5. The maximum absolute atomic E-state index is 12.6. The second kappa shape index (κ2) is 8.82. The highest BCUT2D eigenvalue weighted by Crippen LogP contribution is 2.16. The highest BCUT2D eigenvalue weighted by atomic mass is 16.7. The van der Waals surface area contributed by atoms with Crippen LogP contribution in [0.2, 0.25) is 0 Å². The van der Waals surface area contributed by atoms with Crippen molar-refractivity contribution >= 4 is 23.6 Å². The normalized spacial score (nSPS) is 12.4. The van der Waals surface area contributed by atoms with Gasteiger partial charge in [-0.3, -0.25) is 14.4 Å². The number of carbonyl (C=O) groups excluding carboxylic acids is 3. The average molecular weight is 356 g/mol. The van der Waals surface area contributed by atoms with Crippen molar-refractivity contribution in [3.63, 3.8) is 0 Å². The molecule has 0 aliphatic heterocycles. The van der Waals surface area contributed by atoms with Crippen molar-refractivity contribution in [3.05, 3.63) is 0 Å². The Hall–Kier alpha value is -2.12. The smallest absolute Gasteiger partial charge is 0.353 e. The largest absolute Gasteiger partial charge is 0.433 e. The number of carbonyl (C=O) groups is 3. The van der Waals surface area contributed by atoms with Gasteiger partial charge in [-0.25, -0.2) is 4.79 Å². The highest BCUT2D eigenvalue weighted by molar-refractivity contribution is 6.64. The Labute approximate surface area is 150 Å². The number of ketones is 1. The van der Waals surface area contributed by atoms with E-state index in [0.29, 0.717) is 13.1 Å². The molecule has 0 saturated heterocycles. The van der Waals surface area contributed by atoms with Gasteiger partial charge in [0.1, 0.15) is 0 Å². The molecule has 0 aliphatic carbocycles. The van der Waals surface area contributed by atoms with E-state index >= 15 is 0 Å². The average Bonchev–Trinajstić information content (AvgIpc) is 2.42. The minimum absolute atomic E-state index is 0.150. The van der Waals surface area contributed by atoms with Crippen LogP contribution in [0.1, 0.15) is 41.5 Å².